The minimum Gasteiger partial charge on any atom is -0.477 e. The van der Waals surface area contributed by atoms with E-state index in [1.807, 2.05) is 11.0 Å². The van der Waals surface area contributed by atoms with Crippen molar-refractivity contribution in [3.63, 3.8) is 0 Å². The van der Waals surface area contributed by atoms with Gasteiger partial charge in [0.2, 0.25) is 5.91 Å². The Hall–Kier alpha value is -2.17. The molecule has 2 saturated heterocycles. The standard InChI is InChI=1S/C30H44N2O7S/c1-17-5-7-18(8-6-17)26(33)32(22-15-24(30(2,3)4)40-25(22)27(34)35)20-11-9-19(10-12-20)31-29(36)39-23-16-38-28-21(23)13-14-37-28/h15,17-21,23,28H,5-14,16H2,1-4H3,(H,31,36)(H,34,35)/t17-,18-,19-,20+,21-,23-,28+/m0/s1. The number of ether oxygens (including phenoxy) is 3. The van der Waals surface area contributed by atoms with Crippen molar-refractivity contribution in [1.29, 1.82) is 0 Å². The third kappa shape index (κ3) is 6.34. The maximum absolute atomic E-state index is 14.1. The molecule has 3 heterocycles. The topological polar surface area (TPSA) is 114 Å². The second kappa shape index (κ2) is 12.0. The molecule has 2 saturated carbocycles. The van der Waals surface area contributed by atoms with Crippen LogP contribution >= 0.6 is 11.3 Å². The Morgan fingerprint density at radius 2 is 1.73 bits per heavy atom. The van der Waals surface area contributed by atoms with Crippen molar-refractivity contribution in [2.24, 2.45) is 17.8 Å². The first-order valence-corrected chi connectivity index (χ1v) is 15.7. The van der Waals surface area contributed by atoms with Crippen LogP contribution in [0, 0.1) is 17.8 Å². The quantitative estimate of drug-likeness (QED) is 0.446. The van der Waals surface area contributed by atoms with Crippen molar-refractivity contribution in [2.75, 3.05) is 18.1 Å². The predicted molar refractivity (Wildman–Crippen MR) is 152 cm³/mol. The molecule has 2 amide bonds. The lowest BCUT2D eigenvalue weighted by molar-refractivity contribution is -0.124. The molecule has 0 spiro atoms. The fourth-order valence-corrected chi connectivity index (χ4v) is 7.69. The highest BCUT2D eigenvalue weighted by molar-refractivity contribution is 7.14. The van der Waals surface area contributed by atoms with Gasteiger partial charge in [0, 0.05) is 22.9 Å². The monoisotopic (exact) mass is 576 g/mol. The Morgan fingerprint density at radius 3 is 2.38 bits per heavy atom. The largest absolute Gasteiger partial charge is 0.477 e. The highest BCUT2D eigenvalue weighted by atomic mass is 32.1. The number of carboxylic acids is 1. The second-order valence-corrected chi connectivity index (χ2v) is 14.2. The summed E-state index contributed by atoms with van der Waals surface area (Å²) in [5, 5.41) is 13.2. The number of carboxylic acid groups (broad SMARTS) is 1. The van der Waals surface area contributed by atoms with E-state index < -0.39 is 12.1 Å². The molecule has 0 aromatic carbocycles. The van der Waals surface area contributed by atoms with Crippen molar-refractivity contribution >= 4 is 35.0 Å². The first-order valence-electron chi connectivity index (χ1n) is 14.9. The number of carbonyl (C=O) groups excluding carboxylic acids is 2. The van der Waals surface area contributed by atoms with E-state index in [9.17, 15) is 19.5 Å². The fraction of sp³-hybridized carbons (Fsp3) is 0.767. The van der Waals surface area contributed by atoms with E-state index in [4.69, 9.17) is 14.2 Å². The lowest BCUT2D eigenvalue weighted by Crippen LogP contribution is -2.49. The van der Waals surface area contributed by atoms with Gasteiger partial charge in [-0.1, -0.05) is 27.7 Å². The van der Waals surface area contributed by atoms with Crippen LogP contribution in [0.25, 0.3) is 0 Å². The van der Waals surface area contributed by atoms with Gasteiger partial charge in [-0.05, 0) is 75.2 Å². The molecule has 5 rings (SSSR count). The number of amides is 2. The van der Waals surface area contributed by atoms with Crippen LogP contribution in [0.3, 0.4) is 0 Å². The van der Waals surface area contributed by atoms with Crippen molar-refractivity contribution in [3.05, 3.63) is 15.8 Å². The fourth-order valence-electron chi connectivity index (χ4n) is 6.65. The van der Waals surface area contributed by atoms with Gasteiger partial charge >= 0.3 is 12.1 Å². The SMILES string of the molecule is CC(C)(C)c1cc(N(C(=O)[C@H]2CC[C@H](C)CC2)[C@H]2CC[C@@H](NC(=O)O[C@H]3CO[C@H]4OCC[C@H]43)CC2)c(C(=O)O)s1. The second-order valence-electron chi connectivity index (χ2n) is 13.2. The third-order valence-electron chi connectivity index (χ3n) is 9.14. The van der Waals surface area contributed by atoms with E-state index in [0.29, 0.717) is 50.5 Å². The van der Waals surface area contributed by atoms with Crippen LogP contribution < -0.4 is 10.2 Å². The maximum Gasteiger partial charge on any atom is 0.407 e. The van der Waals surface area contributed by atoms with Gasteiger partial charge in [0.05, 0.1) is 24.8 Å². The molecule has 1 aromatic rings. The van der Waals surface area contributed by atoms with E-state index >= 15 is 0 Å². The van der Waals surface area contributed by atoms with Gasteiger partial charge in [0.15, 0.2) is 6.29 Å². The number of nitrogens with one attached hydrogen (secondary N) is 1. The Morgan fingerprint density at radius 1 is 1.02 bits per heavy atom. The molecule has 0 unspecified atom stereocenters. The minimum absolute atomic E-state index is 0.0537. The molecular formula is C30H44N2O7S. The third-order valence-corrected chi connectivity index (χ3v) is 10.7. The minimum atomic E-state index is -0.991. The summed E-state index contributed by atoms with van der Waals surface area (Å²) in [6.07, 6.45) is 6.32. The van der Waals surface area contributed by atoms with Crippen LogP contribution in [0.5, 0.6) is 0 Å². The number of rotatable bonds is 6. The van der Waals surface area contributed by atoms with E-state index in [2.05, 4.69) is 33.0 Å². The van der Waals surface area contributed by atoms with E-state index in [0.717, 1.165) is 37.0 Å². The maximum atomic E-state index is 14.1. The van der Waals surface area contributed by atoms with Gasteiger partial charge in [-0.25, -0.2) is 9.59 Å². The summed E-state index contributed by atoms with van der Waals surface area (Å²) in [7, 11) is 0. The van der Waals surface area contributed by atoms with Gasteiger partial charge in [-0.3, -0.25) is 4.79 Å². The van der Waals surface area contributed by atoms with Crippen molar-refractivity contribution < 1.29 is 33.7 Å². The molecule has 9 nitrogen and oxygen atoms in total. The molecule has 1 aromatic heterocycles. The molecule has 40 heavy (non-hydrogen) atoms. The zero-order chi connectivity index (χ0) is 28.6. The molecule has 222 valence electrons. The number of thiophene rings is 1. The van der Waals surface area contributed by atoms with Crippen LogP contribution in [0.15, 0.2) is 6.07 Å². The zero-order valence-electron chi connectivity index (χ0n) is 24.1. The Balaban J connectivity index is 1.28. The van der Waals surface area contributed by atoms with Crippen LogP contribution in [-0.4, -0.2) is 60.8 Å². The van der Waals surface area contributed by atoms with E-state index in [1.165, 1.54) is 11.3 Å². The first-order chi connectivity index (χ1) is 19.0. The Labute approximate surface area is 240 Å². The van der Waals surface area contributed by atoms with Gasteiger partial charge in [0.1, 0.15) is 11.0 Å². The molecule has 2 aliphatic heterocycles. The van der Waals surface area contributed by atoms with Gasteiger partial charge < -0.3 is 29.5 Å². The molecule has 0 radical (unpaired) electrons. The number of hydrogen-bond donors (Lipinski definition) is 2. The molecule has 2 aliphatic carbocycles. The molecule has 2 N–H and O–H groups in total. The van der Waals surface area contributed by atoms with Crippen LogP contribution in [0.4, 0.5) is 10.5 Å². The number of hydrogen-bond acceptors (Lipinski definition) is 7. The molecule has 10 heteroatoms. The van der Waals surface area contributed by atoms with Gasteiger partial charge in [-0.15, -0.1) is 11.3 Å². The van der Waals surface area contributed by atoms with Gasteiger partial charge in [0.25, 0.3) is 0 Å². The molecular weight excluding hydrogens is 532 g/mol. The molecule has 0 bridgehead atoms. The lowest BCUT2D eigenvalue weighted by Gasteiger charge is -2.39. The Kier molecular flexibility index (Phi) is 8.78. The average molecular weight is 577 g/mol. The lowest BCUT2D eigenvalue weighted by atomic mass is 9.81. The summed E-state index contributed by atoms with van der Waals surface area (Å²) in [5.41, 5.74) is 0.315. The summed E-state index contributed by atoms with van der Waals surface area (Å²) < 4.78 is 16.8. The summed E-state index contributed by atoms with van der Waals surface area (Å²) in [4.78, 5) is 42.2. The normalized spacial score (nSPS) is 32.4. The highest BCUT2D eigenvalue weighted by Gasteiger charge is 2.44. The van der Waals surface area contributed by atoms with Crippen molar-refractivity contribution in [1.82, 2.24) is 5.32 Å². The highest BCUT2D eigenvalue weighted by Crippen LogP contribution is 2.42. The smallest absolute Gasteiger partial charge is 0.407 e. The van der Waals surface area contributed by atoms with Crippen molar-refractivity contribution in [2.45, 2.75) is 115 Å². The van der Waals surface area contributed by atoms with Gasteiger partial charge in [-0.2, -0.15) is 0 Å². The summed E-state index contributed by atoms with van der Waals surface area (Å²) in [6, 6.07) is 1.77. The average Bonchev–Trinajstić information content (AvgIpc) is 3.63. The summed E-state index contributed by atoms with van der Waals surface area (Å²) in [6.45, 7) is 9.41. The number of fused-ring (bicyclic) bond motifs is 1. The molecule has 3 atom stereocenters. The van der Waals surface area contributed by atoms with Crippen LogP contribution in [0.1, 0.15) is 100 Å². The summed E-state index contributed by atoms with van der Waals surface area (Å²) in [5.74, 6) is -0.313. The van der Waals surface area contributed by atoms with Crippen LogP contribution in [0.2, 0.25) is 0 Å². The Bertz CT molecular complexity index is 1080. The number of anilines is 1. The van der Waals surface area contributed by atoms with Crippen LogP contribution in [-0.2, 0) is 24.4 Å². The molecule has 4 fully saturated rings. The molecule has 4 aliphatic rings. The number of aromatic carboxylic acids is 1. The first kappa shape index (κ1) is 29.3. The van der Waals surface area contributed by atoms with Crippen molar-refractivity contribution in [3.8, 4) is 0 Å². The van der Waals surface area contributed by atoms with E-state index in [1.54, 1.807) is 0 Å². The van der Waals surface area contributed by atoms with E-state index in [-0.39, 0.29) is 52.5 Å². The summed E-state index contributed by atoms with van der Waals surface area (Å²) >= 11 is 1.28. The zero-order valence-corrected chi connectivity index (χ0v) is 25.0. The number of nitrogens with zero attached hydrogens (tertiary/aromatic N) is 1. The number of alkyl carbamates (subject to hydrolysis) is 1. The number of carbonyl (C=O) groups is 3. The predicted octanol–water partition coefficient (Wildman–Crippen LogP) is 5.70.